The number of rotatable bonds is 8. The number of amides is 2. The van der Waals surface area contributed by atoms with Crippen molar-refractivity contribution < 1.29 is 19.1 Å². The summed E-state index contributed by atoms with van der Waals surface area (Å²) in [5, 5.41) is 5.51. The average molecular weight is 469 g/mol. The van der Waals surface area contributed by atoms with Crippen molar-refractivity contribution in [3.8, 4) is 11.5 Å². The molecular weight excluding hydrogens is 440 g/mol. The van der Waals surface area contributed by atoms with E-state index in [1.165, 1.54) is 38.0 Å². The van der Waals surface area contributed by atoms with Crippen LogP contribution in [0.4, 0.5) is 0 Å². The van der Waals surface area contributed by atoms with Crippen LogP contribution in [0.15, 0.2) is 46.0 Å². The quantitative estimate of drug-likeness (QED) is 0.511. The van der Waals surface area contributed by atoms with Crippen molar-refractivity contribution >= 4 is 22.7 Å². The summed E-state index contributed by atoms with van der Waals surface area (Å²) < 4.78 is 13.0. The molecule has 10 nitrogen and oxygen atoms in total. The lowest BCUT2D eigenvalue weighted by Crippen LogP contribution is -2.43. The van der Waals surface area contributed by atoms with Gasteiger partial charge in [-0.05, 0) is 37.6 Å². The highest BCUT2D eigenvalue weighted by Crippen LogP contribution is 2.30. The first kappa shape index (κ1) is 24.6. The van der Waals surface area contributed by atoms with Crippen LogP contribution in [0, 0.1) is 0 Å². The van der Waals surface area contributed by atoms with Gasteiger partial charge in [-0.1, -0.05) is 12.1 Å². The van der Waals surface area contributed by atoms with E-state index in [0.29, 0.717) is 22.6 Å². The molecule has 0 atom stereocenters. The third kappa shape index (κ3) is 4.95. The van der Waals surface area contributed by atoms with Crippen LogP contribution in [0.2, 0.25) is 0 Å². The summed E-state index contributed by atoms with van der Waals surface area (Å²) in [6.45, 7) is 3.31. The Hall–Kier alpha value is -4.08. The van der Waals surface area contributed by atoms with Gasteiger partial charge in [-0.2, -0.15) is 0 Å². The van der Waals surface area contributed by atoms with Crippen LogP contribution < -0.4 is 31.4 Å². The number of fused-ring (bicyclic) bond motifs is 1. The number of carbonyl (C=O) groups excluding carboxylic acids is 2. The summed E-state index contributed by atoms with van der Waals surface area (Å²) in [6.07, 6.45) is 0. The molecule has 2 aromatic carbocycles. The first-order valence-electron chi connectivity index (χ1n) is 10.7. The summed E-state index contributed by atoms with van der Waals surface area (Å²) in [6, 6.07) is 9.47. The summed E-state index contributed by atoms with van der Waals surface area (Å²) in [4.78, 5) is 51.1. The molecule has 34 heavy (non-hydrogen) atoms. The fraction of sp³-hybridized carbons (Fsp3) is 0.333. The minimum absolute atomic E-state index is 0.0399. The van der Waals surface area contributed by atoms with E-state index in [-0.39, 0.29) is 41.8 Å². The van der Waals surface area contributed by atoms with Gasteiger partial charge in [0.2, 0.25) is 5.91 Å². The molecule has 0 bridgehead atoms. The molecule has 0 radical (unpaired) electrons. The second-order valence-electron chi connectivity index (χ2n) is 7.98. The van der Waals surface area contributed by atoms with Gasteiger partial charge < -0.3 is 20.1 Å². The Balaban J connectivity index is 2.19. The average Bonchev–Trinajstić information content (AvgIpc) is 2.83. The summed E-state index contributed by atoms with van der Waals surface area (Å²) in [5.74, 6) is 0.0436. The zero-order valence-electron chi connectivity index (χ0n) is 19.8. The lowest BCUT2D eigenvalue weighted by atomic mass is 10.1. The number of carbonyl (C=O) groups is 2. The van der Waals surface area contributed by atoms with Crippen molar-refractivity contribution in [1.29, 1.82) is 0 Å². The van der Waals surface area contributed by atoms with E-state index in [1.54, 1.807) is 24.3 Å². The summed E-state index contributed by atoms with van der Waals surface area (Å²) in [5.41, 5.74) is 0.190. The van der Waals surface area contributed by atoms with Crippen molar-refractivity contribution in [2.45, 2.75) is 33.0 Å². The van der Waals surface area contributed by atoms with Crippen molar-refractivity contribution in [2.75, 3.05) is 21.3 Å². The third-order valence-electron chi connectivity index (χ3n) is 5.27. The second kappa shape index (κ2) is 10.2. The van der Waals surface area contributed by atoms with Crippen LogP contribution in [0.3, 0.4) is 0 Å². The van der Waals surface area contributed by atoms with E-state index in [2.05, 4.69) is 10.6 Å². The number of hydrogen-bond donors (Lipinski definition) is 2. The highest BCUT2D eigenvalue weighted by atomic mass is 16.5. The summed E-state index contributed by atoms with van der Waals surface area (Å²) >= 11 is 0. The molecule has 0 aliphatic carbocycles. The standard InChI is InChI=1S/C24H28N4O6/c1-14(2)26-21(29)13-27-18-11-20(34-5)19(33-4)10-17(18)23(31)28(24(27)32)12-15-6-8-16(9-7-15)22(30)25-3/h6-11,14H,12-13H2,1-5H3,(H,25,30)(H,26,29). The molecule has 0 unspecified atom stereocenters. The first-order valence-corrected chi connectivity index (χ1v) is 10.7. The number of nitrogens with zero attached hydrogens (tertiary/aromatic N) is 2. The zero-order valence-corrected chi connectivity index (χ0v) is 19.8. The van der Waals surface area contributed by atoms with Gasteiger partial charge in [0.1, 0.15) is 6.54 Å². The number of hydrogen-bond acceptors (Lipinski definition) is 6. The molecule has 2 N–H and O–H groups in total. The van der Waals surface area contributed by atoms with E-state index in [1.807, 2.05) is 13.8 Å². The van der Waals surface area contributed by atoms with Gasteiger partial charge in [0.15, 0.2) is 11.5 Å². The molecule has 3 aromatic rings. The normalized spacial score (nSPS) is 10.9. The maximum atomic E-state index is 13.4. The fourth-order valence-corrected chi connectivity index (χ4v) is 3.64. The Morgan fingerprint density at radius 2 is 1.59 bits per heavy atom. The van der Waals surface area contributed by atoms with Gasteiger partial charge in [0.05, 0.1) is 31.7 Å². The van der Waals surface area contributed by atoms with Gasteiger partial charge in [-0.15, -0.1) is 0 Å². The molecule has 0 saturated carbocycles. The molecular formula is C24H28N4O6. The fourth-order valence-electron chi connectivity index (χ4n) is 3.64. The number of methoxy groups -OCH3 is 2. The van der Waals surface area contributed by atoms with E-state index in [9.17, 15) is 19.2 Å². The smallest absolute Gasteiger partial charge is 0.332 e. The van der Waals surface area contributed by atoms with Crippen molar-refractivity contribution in [3.05, 3.63) is 68.4 Å². The summed E-state index contributed by atoms with van der Waals surface area (Å²) in [7, 11) is 4.43. The first-order chi connectivity index (χ1) is 16.2. The molecule has 10 heteroatoms. The number of nitrogens with one attached hydrogen (secondary N) is 2. The monoisotopic (exact) mass is 468 g/mol. The largest absolute Gasteiger partial charge is 0.493 e. The Labute approximate surface area is 196 Å². The van der Waals surface area contributed by atoms with Crippen molar-refractivity contribution in [2.24, 2.45) is 0 Å². The Bertz CT molecular complexity index is 1340. The van der Waals surface area contributed by atoms with Gasteiger partial charge in [0, 0.05) is 24.7 Å². The topological polar surface area (TPSA) is 121 Å². The van der Waals surface area contributed by atoms with Crippen LogP contribution in [0.1, 0.15) is 29.8 Å². The Morgan fingerprint density at radius 3 is 2.15 bits per heavy atom. The number of ether oxygens (including phenoxy) is 2. The Morgan fingerprint density at radius 1 is 0.971 bits per heavy atom. The van der Waals surface area contributed by atoms with Crippen LogP contribution in [-0.2, 0) is 17.9 Å². The van der Waals surface area contributed by atoms with Crippen LogP contribution in [0.25, 0.3) is 10.9 Å². The molecule has 0 spiro atoms. The number of benzene rings is 2. The van der Waals surface area contributed by atoms with Gasteiger partial charge in [-0.3, -0.25) is 23.5 Å². The molecule has 1 heterocycles. The van der Waals surface area contributed by atoms with Crippen LogP contribution in [-0.4, -0.2) is 48.3 Å². The lowest BCUT2D eigenvalue weighted by molar-refractivity contribution is -0.122. The molecule has 3 rings (SSSR count). The van der Waals surface area contributed by atoms with E-state index >= 15 is 0 Å². The van der Waals surface area contributed by atoms with Crippen LogP contribution >= 0.6 is 0 Å². The predicted octanol–water partition coefficient (Wildman–Crippen LogP) is 1.11. The van der Waals surface area contributed by atoms with Crippen molar-refractivity contribution in [1.82, 2.24) is 19.8 Å². The van der Waals surface area contributed by atoms with Gasteiger partial charge in [0.25, 0.3) is 11.5 Å². The molecule has 0 aliphatic heterocycles. The van der Waals surface area contributed by atoms with E-state index in [0.717, 1.165) is 4.57 Å². The molecule has 1 aromatic heterocycles. The van der Waals surface area contributed by atoms with E-state index < -0.39 is 11.2 Å². The third-order valence-corrected chi connectivity index (χ3v) is 5.27. The van der Waals surface area contributed by atoms with Crippen LogP contribution in [0.5, 0.6) is 11.5 Å². The molecule has 2 amide bonds. The SMILES string of the molecule is CNC(=O)c1ccc(Cn2c(=O)c3cc(OC)c(OC)cc3n(CC(=O)NC(C)C)c2=O)cc1. The van der Waals surface area contributed by atoms with Crippen molar-refractivity contribution in [3.63, 3.8) is 0 Å². The molecule has 0 fully saturated rings. The van der Waals surface area contributed by atoms with Gasteiger partial charge in [-0.25, -0.2) is 4.79 Å². The van der Waals surface area contributed by atoms with Gasteiger partial charge >= 0.3 is 5.69 Å². The highest BCUT2D eigenvalue weighted by Gasteiger charge is 2.19. The maximum Gasteiger partial charge on any atom is 0.332 e. The molecule has 0 aliphatic rings. The molecule has 180 valence electrons. The highest BCUT2D eigenvalue weighted by molar-refractivity contribution is 5.94. The van der Waals surface area contributed by atoms with E-state index in [4.69, 9.17) is 9.47 Å². The second-order valence-corrected chi connectivity index (χ2v) is 7.98. The molecule has 0 saturated heterocycles. The predicted molar refractivity (Wildman–Crippen MR) is 128 cm³/mol. The zero-order chi connectivity index (χ0) is 25.0. The lowest BCUT2D eigenvalue weighted by Gasteiger charge is -2.17. The minimum Gasteiger partial charge on any atom is -0.493 e. The number of aromatic nitrogens is 2. The Kier molecular flexibility index (Phi) is 7.40. The minimum atomic E-state index is -0.640. The maximum absolute atomic E-state index is 13.4.